The smallest absolute Gasteiger partial charge is 0.299 e. The summed E-state index contributed by atoms with van der Waals surface area (Å²) in [7, 11) is 0. The van der Waals surface area contributed by atoms with Crippen LogP contribution in [-0.2, 0) is 6.54 Å². The van der Waals surface area contributed by atoms with E-state index in [-0.39, 0.29) is 5.56 Å². The highest BCUT2D eigenvalue weighted by atomic mass is 16.4. The fraction of sp³-hybridized carbons (Fsp3) is 0.240. The van der Waals surface area contributed by atoms with E-state index >= 15 is 0 Å². The maximum atomic E-state index is 12.1. The van der Waals surface area contributed by atoms with E-state index in [0.29, 0.717) is 23.0 Å². The zero-order valence-corrected chi connectivity index (χ0v) is 18.0. The van der Waals surface area contributed by atoms with Gasteiger partial charge in [-0.1, -0.05) is 6.07 Å². The van der Waals surface area contributed by atoms with Gasteiger partial charge in [-0.25, -0.2) is 4.98 Å². The van der Waals surface area contributed by atoms with Crippen molar-refractivity contribution in [2.45, 2.75) is 26.3 Å². The van der Waals surface area contributed by atoms with Gasteiger partial charge in [0, 0.05) is 30.2 Å². The molecule has 0 bridgehead atoms. The van der Waals surface area contributed by atoms with Crippen LogP contribution in [0.5, 0.6) is 0 Å². The Bertz CT molecular complexity index is 1290. The summed E-state index contributed by atoms with van der Waals surface area (Å²) in [5.74, 6) is 0.605. The molecule has 1 fully saturated rings. The van der Waals surface area contributed by atoms with Crippen LogP contribution in [0.1, 0.15) is 24.0 Å². The molecule has 0 atom stereocenters. The molecule has 0 saturated carbocycles. The molecule has 1 aliphatic heterocycles. The third-order valence-corrected chi connectivity index (χ3v) is 5.64. The third kappa shape index (κ3) is 4.48. The van der Waals surface area contributed by atoms with Crippen LogP contribution in [0.3, 0.4) is 0 Å². The van der Waals surface area contributed by atoms with Crippen LogP contribution in [0.15, 0.2) is 70.3 Å². The van der Waals surface area contributed by atoms with Crippen LogP contribution in [0.25, 0.3) is 22.6 Å². The molecule has 162 valence electrons. The summed E-state index contributed by atoms with van der Waals surface area (Å²) in [5.41, 5.74) is 5.16. The summed E-state index contributed by atoms with van der Waals surface area (Å²) < 4.78 is 5.96. The second-order valence-electron chi connectivity index (χ2n) is 8.19. The summed E-state index contributed by atoms with van der Waals surface area (Å²) in [6, 6.07) is 14.1. The van der Waals surface area contributed by atoms with Crippen LogP contribution in [0.2, 0.25) is 0 Å². The summed E-state index contributed by atoms with van der Waals surface area (Å²) in [4.78, 5) is 26.0. The zero-order valence-electron chi connectivity index (χ0n) is 18.0. The van der Waals surface area contributed by atoms with Crippen molar-refractivity contribution in [1.29, 1.82) is 0 Å². The van der Waals surface area contributed by atoms with E-state index in [1.807, 2.05) is 12.1 Å². The van der Waals surface area contributed by atoms with Crippen molar-refractivity contribution < 1.29 is 4.42 Å². The van der Waals surface area contributed by atoms with Gasteiger partial charge in [-0.3, -0.25) is 14.7 Å². The Hall–Kier alpha value is -3.71. The molecule has 7 heteroatoms. The van der Waals surface area contributed by atoms with Crippen molar-refractivity contribution >= 4 is 11.7 Å². The fourth-order valence-electron chi connectivity index (χ4n) is 4.17. The van der Waals surface area contributed by atoms with E-state index in [0.717, 1.165) is 17.8 Å². The first-order chi connectivity index (χ1) is 15.6. The van der Waals surface area contributed by atoms with Crippen molar-refractivity contribution in [3.63, 3.8) is 0 Å². The molecule has 2 N–H and O–H groups in total. The monoisotopic (exact) mass is 427 g/mol. The number of nitrogens with zero attached hydrogens (tertiary/aromatic N) is 3. The highest BCUT2D eigenvalue weighted by Crippen LogP contribution is 2.27. The molecule has 0 amide bonds. The van der Waals surface area contributed by atoms with Crippen molar-refractivity contribution in [2.75, 3.05) is 18.4 Å². The van der Waals surface area contributed by atoms with Crippen molar-refractivity contribution in [2.24, 2.45) is 0 Å². The van der Waals surface area contributed by atoms with Gasteiger partial charge in [0.05, 0.1) is 17.5 Å². The third-order valence-electron chi connectivity index (χ3n) is 5.64. The number of likely N-dealkylation sites (tertiary alicyclic amines) is 1. The summed E-state index contributed by atoms with van der Waals surface area (Å²) in [5, 5.41) is 3.29. The molecule has 1 aromatic carbocycles. The number of anilines is 2. The van der Waals surface area contributed by atoms with Gasteiger partial charge in [0.2, 0.25) is 0 Å². The number of hydrogen-bond acceptors (Lipinski definition) is 6. The van der Waals surface area contributed by atoms with Crippen LogP contribution < -0.4 is 10.9 Å². The molecule has 0 unspecified atom stereocenters. The fourth-order valence-corrected chi connectivity index (χ4v) is 4.17. The molecule has 1 saturated heterocycles. The van der Waals surface area contributed by atoms with Gasteiger partial charge in [-0.05, 0) is 80.4 Å². The molecule has 0 spiro atoms. The first kappa shape index (κ1) is 20.2. The molecule has 4 aromatic rings. The Morgan fingerprint density at radius 2 is 2.00 bits per heavy atom. The van der Waals surface area contributed by atoms with Crippen LogP contribution in [-0.4, -0.2) is 32.9 Å². The second kappa shape index (κ2) is 8.80. The number of pyridine rings is 2. The lowest BCUT2D eigenvalue weighted by atomic mass is 10.1. The number of aryl methyl sites for hydroxylation is 1. The number of hydrogen-bond donors (Lipinski definition) is 2. The van der Waals surface area contributed by atoms with E-state index in [1.54, 1.807) is 30.7 Å². The van der Waals surface area contributed by atoms with Crippen LogP contribution in [0.4, 0.5) is 11.7 Å². The molecule has 4 heterocycles. The number of benzene rings is 1. The van der Waals surface area contributed by atoms with E-state index in [2.05, 4.69) is 50.3 Å². The summed E-state index contributed by atoms with van der Waals surface area (Å²) in [6.07, 6.45) is 7.51. The Morgan fingerprint density at radius 1 is 1.12 bits per heavy atom. The predicted octanol–water partition coefficient (Wildman–Crippen LogP) is 4.74. The van der Waals surface area contributed by atoms with Gasteiger partial charge >= 0.3 is 0 Å². The molecule has 0 aliphatic carbocycles. The Balaban J connectivity index is 1.36. The van der Waals surface area contributed by atoms with E-state index in [4.69, 9.17) is 4.42 Å². The highest BCUT2D eigenvalue weighted by molar-refractivity contribution is 5.67. The molecule has 1 aliphatic rings. The average molecular weight is 428 g/mol. The lowest BCUT2D eigenvalue weighted by Gasteiger charge is -2.16. The number of aromatic amines is 1. The molecule has 3 aromatic heterocycles. The molecule has 7 nitrogen and oxygen atoms in total. The lowest BCUT2D eigenvalue weighted by Crippen LogP contribution is -2.18. The average Bonchev–Trinajstić information content (AvgIpc) is 3.46. The van der Waals surface area contributed by atoms with E-state index in [9.17, 15) is 4.79 Å². The zero-order chi connectivity index (χ0) is 21.9. The Labute approximate surface area is 186 Å². The predicted molar refractivity (Wildman–Crippen MR) is 125 cm³/mol. The lowest BCUT2D eigenvalue weighted by molar-refractivity contribution is 0.331. The van der Waals surface area contributed by atoms with Gasteiger partial charge in [0.1, 0.15) is 0 Å². The maximum Gasteiger partial charge on any atom is 0.299 e. The van der Waals surface area contributed by atoms with Crippen LogP contribution in [0, 0.1) is 6.92 Å². The SMILES string of the molecule is Cc1cc(CN2CCCC2)cc(Nc2ncc(-c3ccnc(-c4ccc[nH]c4=O)c3)o2)c1. The standard InChI is InChI=1S/C25H25N5O2/c1-17-11-18(16-30-9-2-3-10-30)13-20(12-17)29-25-28-15-23(32-25)19-6-8-26-22(14-19)21-5-4-7-27-24(21)31/h4-8,11-15H,2-3,9-10,16H2,1H3,(H,27,31)(H,28,29). The van der Waals surface area contributed by atoms with Crippen LogP contribution >= 0.6 is 0 Å². The van der Waals surface area contributed by atoms with Gasteiger partial charge < -0.3 is 14.7 Å². The highest BCUT2D eigenvalue weighted by Gasteiger charge is 2.14. The quantitative estimate of drug-likeness (QED) is 0.462. The van der Waals surface area contributed by atoms with Gasteiger partial charge in [-0.2, -0.15) is 0 Å². The minimum absolute atomic E-state index is 0.179. The maximum absolute atomic E-state index is 12.1. The first-order valence-corrected chi connectivity index (χ1v) is 10.8. The number of oxazole rings is 1. The molecule has 5 rings (SSSR count). The summed E-state index contributed by atoms with van der Waals surface area (Å²) >= 11 is 0. The number of rotatable bonds is 6. The van der Waals surface area contributed by atoms with E-state index in [1.165, 1.54) is 37.1 Å². The number of H-pyrrole nitrogens is 1. The molecular formula is C25H25N5O2. The van der Waals surface area contributed by atoms with Crippen molar-refractivity contribution in [1.82, 2.24) is 19.9 Å². The topological polar surface area (TPSA) is 87.0 Å². The Kier molecular flexibility index (Phi) is 5.56. The minimum Gasteiger partial charge on any atom is -0.423 e. The minimum atomic E-state index is -0.179. The van der Waals surface area contributed by atoms with Gasteiger partial charge in [-0.15, -0.1) is 0 Å². The molecule has 0 radical (unpaired) electrons. The van der Waals surface area contributed by atoms with Crippen molar-refractivity contribution in [3.8, 4) is 22.6 Å². The first-order valence-electron chi connectivity index (χ1n) is 10.8. The van der Waals surface area contributed by atoms with Gasteiger partial charge in [0.25, 0.3) is 11.6 Å². The Morgan fingerprint density at radius 3 is 2.84 bits per heavy atom. The molecular weight excluding hydrogens is 402 g/mol. The normalized spacial score (nSPS) is 14.0. The largest absolute Gasteiger partial charge is 0.423 e. The van der Waals surface area contributed by atoms with Crippen molar-refractivity contribution in [3.05, 3.63) is 82.5 Å². The van der Waals surface area contributed by atoms with E-state index < -0.39 is 0 Å². The number of nitrogens with one attached hydrogen (secondary N) is 2. The summed E-state index contributed by atoms with van der Waals surface area (Å²) in [6.45, 7) is 5.40. The molecule has 32 heavy (non-hydrogen) atoms. The number of aromatic nitrogens is 3. The second-order valence-corrected chi connectivity index (χ2v) is 8.19. The van der Waals surface area contributed by atoms with Gasteiger partial charge in [0.15, 0.2) is 5.76 Å².